The Morgan fingerprint density at radius 2 is 1.89 bits per heavy atom. The number of anilines is 1. The number of carbonyl (C=O) groups excluding carboxylic acids is 1. The summed E-state index contributed by atoms with van der Waals surface area (Å²) in [7, 11) is 0. The number of hydrogen-bond donors (Lipinski definition) is 1. The van der Waals surface area contributed by atoms with Gasteiger partial charge in [0.15, 0.2) is 11.0 Å². The number of nitrogens with one attached hydrogen (secondary N) is 1. The second-order valence-corrected chi connectivity index (χ2v) is 6.93. The molecule has 140 valence electrons. The number of carbonyl (C=O) groups is 1. The number of rotatable bonds is 6. The molecule has 7 nitrogen and oxygen atoms in total. The van der Waals surface area contributed by atoms with Crippen LogP contribution in [0, 0.1) is 0 Å². The standard InChI is InChI=1S/C20H18N6OS/c1-2-26-19(16-9-3-4-11-21-16)24-25-20(26)28-13-17(27)23-15-10-5-7-14-8-6-12-22-18(14)15/h3-12H,2,13H2,1H3,(H,23,27). The second kappa shape index (κ2) is 8.18. The first-order chi connectivity index (χ1) is 13.8. The Hall–Kier alpha value is -3.26. The van der Waals surface area contributed by atoms with E-state index in [9.17, 15) is 4.79 Å². The first-order valence-corrected chi connectivity index (χ1v) is 9.86. The van der Waals surface area contributed by atoms with Crippen LogP contribution >= 0.6 is 11.8 Å². The van der Waals surface area contributed by atoms with Crippen LogP contribution in [0.3, 0.4) is 0 Å². The number of benzene rings is 1. The predicted octanol–water partition coefficient (Wildman–Crippen LogP) is 3.64. The third-order valence-electron chi connectivity index (χ3n) is 4.17. The van der Waals surface area contributed by atoms with Crippen LogP contribution in [0.25, 0.3) is 22.4 Å². The molecule has 1 aromatic carbocycles. The minimum Gasteiger partial charge on any atom is -0.323 e. The van der Waals surface area contributed by atoms with Gasteiger partial charge in [-0.15, -0.1) is 10.2 Å². The quantitative estimate of drug-likeness (QED) is 0.506. The van der Waals surface area contributed by atoms with E-state index in [2.05, 4.69) is 25.5 Å². The SMILES string of the molecule is CCn1c(SCC(=O)Nc2cccc3cccnc23)nnc1-c1ccccn1. The molecular formula is C20H18N6OS. The summed E-state index contributed by atoms with van der Waals surface area (Å²) < 4.78 is 1.96. The van der Waals surface area contributed by atoms with Crippen LogP contribution in [0.1, 0.15) is 6.92 Å². The van der Waals surface area contributed by atoms with Crippen molar-refractivity contribution in [1.82, 2.24) is 24.7 Å². The number of amides is 1. The molecule has 1 N–H and O–H groups in total. The molecule has 0 aliphatic carbocycles. The fourth-order valence-electron chi connectivity index (χ4n) is 2.89. The van der Waals surface area contributed by atoms with Crippen LogP contribution < -0.4 is 5.32 Å². The van der Waals surface area contributed by atoms with Crippen molar-refractivity contribution >= 4 is 34.3 Å². The highest BCUT2D eigenvalue weighted by atomic mass is 32.2. The lowest BCUT2D eigenvalue weighted by molar-refractivity contribution is -0.113. The number of hydrogen-bond acceptors (Lipinski definition) is 6. The average molecular weight is 390 g/mol. The summed E-state index contributed by atoms with van der Waals surface area (Å²) in [4.78, 5) is 21.2. The summed E-state index contributed by atoms with van der Waals surface area (Å²) in [5.74, 6) is 0.807. The minimum absolute atomic E-state index is 0.117. The van der Waals surface area contributed by atoms with Gasteiger partial charge in [-0.05, 0) is 31.2 Å². The lowest BCUT2D eigenvalue weighted by Crippen LogP contribution is -2.15. The number of fused-ring (bicyclic) bond motifs is 1. The minimum atomic E-state index is -0.117. The van der Waals surface area contributed by atoms with Crippen molar-refractivity contribution in [2.75, 3.05) is 11.1 Å². The van der Waals surface area contributed by atoms with Gasteiger partial charge >= 0.3 is 0 Å². The zero-order valence-electron chi connectivity index (χ0n) is 15.2. The van der Waals surface area contributed by atoms with Crippen LogP contribution in [-0.2, 0) is 11.3 Å². The van der Waals surface area contributed by atoms with Crippen molar-refractivity contribution in [2.24, 2.45) is 0 Å². The summed E-state index contributed by atoms with van der Waals surface area (Å²) in [6, 6.07) is 15.2. The number of pyridine rings is 2. The van der Waals surface area contributed by atoms with E-state index in [0.717, 1.165) is 16.6 Å². The van der Waals surface area contributed by atoms with Crippen molar-refractivity contribution < 1.29 is 4.79 Å². The Bertz CT molecular complexity index is 1110. The molecule has 28 heavy (non-hydrogen) atoms. The van der Waals surface area contributed by atoms with Gasteiger partial charge in [-0.2, -0.15) is 0 Å². The highest BCUT2D eigenvalue weighted by molar-refractivity contribution is 7.99. The van der Waals surface area contributed by atoms with Crippen molar-refractivity contribution in [3.63, 3.8) is 0 Å². The third kappa shape index (κ3) is 3.72. The third-order valence-corrected chi connectivity index (χ3v) is 5.13. The zero-order chi connectivity index (χ0) is 19.3. The van der Waals surface area contributed by atoms with Crippen molar-refractivity contribution in [3.05, 3.63) is 60.9 Å². The first kappa shape index (κ1) is 18.1. The van der Waals surface area contributed by atoms with E-state index < -0.39 is 0 Å². The van der Waals surface area contributed by atoms with Gasteiger partial charge in [-0.25, -0.2) is 0 Å². The molecule has 0 unspecified atom stereocenters. The smallest absolute Gasteiger partial charge is 0.234 e. The molecule has 3 aromatic heterocycles. The van der Waals surface area contributed by atoms with Crippen LogP contribution in [0.2, 0.25) is 0 Å². The maximum absolute atomic E-state index is 12.5. The molecule has 0 aliphatic rings. The average Bonchev–Trinajstić information content (AvgIpc) is 3.16. The van der Waals surface area contributed by atoms with Crippen LogP contribution in [0.15, 0.2) is 66.1 Å². The molecule has 8 heteroatoms. The predicted molar refractivity (Wildman–Crippen MR) is 110 cm³/mol. The molecule has 0 spiro atoms. The zero-order valence-corrected chi connectivity index (χ0v) is 16.1. The summed E-state index contributed by atoms with van der Waals surface area (Å²) >= 11 is 1.35. The molecule has 0 atom stereocenters. The van der Waals surface area contributed by atoms with Crippen molar-refractivity contribution in [3.8, 4) is 11.5 Å². The highest BCUT2D eigenvalue weighted by Gasteiger charge is 2.15. The van der Waals surface area contributed by atoms with Gasteiger partial charge < -0.3 is 9.88 Å². The number of aromatic nitrogens is 5. The van der Waals surface area contributed by atoms with Gasteiger partial charge in [0, 0.05) is 24.3 Å². The van der Waals surface area contributed by atoms with E-state index in [1.54, 1.807) is 12.4 Å². The molecular weight excluding hydrogens is 372 g/mol. The largest absolute Gasteiger partial charge is 0.323 e. The fourth-order valence-corrected chi connectivity index (χ4v) is 3.69. The Morgan fingerprint density at radius 3 is 2.71 bits per heavy atom. The Balaban J connectivity index is 1.47. The van der Waals surface area contributed by atoms with Gasteiger partial charge in [0.2, 0.25) is 5.91 Å². The molecule has 4 rings (SSSR count). The molecule has 0 saturated heterocycles. The van der Waals surface area contributed by atoms with Crippen molar-refractivity contribution in [1.29, 1.82) is 0 Å². The normalized spacial score (nSPS) is 10.9. The van der Waals surface area contributed by atoms with E-state index in [-0.39, 0.29) is 11.7 Å². The van der Waals surface area contributed by atoms with E-state index in [1.807, 2.05) is 60.0 Å². The maximum Gasteiger partial charge on any atom is 0.234 e. The van der Waals surface area contributed by atoms with E-state index in [1.165, 1.54) is 11.8 Å². The summed E-state index contributed by atoms with van der Waals surface area (Å²) in [6.45, 7) is 2.71. The topological polar surface area (TPSA) is 85.6 Å². The van der Waals surface area contributed by atoms with Crippen LogP contribution in [0.5, 0.6) is 0 Å². The number of para-hydroxylation sites is 1. The van der Waals surface area contributed by atoms with Gasteiger partial charge in [0.1, 0.15) is 5.69 Å². The van der Waals surface area contributed by atoms with E-state index in [0.29, 0.717) is 23.2 Å². The Labute approximate surface area is 166 Å². The second-order valence-electron chi connectivity index (χ2n) is 5.98. The highest BCUT2D eigenvalue weighted by Crippen LogP contribution is 2.24. The summed E-state index contributed by atoms with van der Waals surface area (Å²) in [6.07, 6.45) is 3.44. The molecule has 0 aliphatic heterocycles. The monoisotopic (exact) mass is 390 g/mol. The Kier molecular flexibility index (Phi) is 5.29. The lowest BCUT2D eigenvalue weighted by Gasteiger charge is -2.09. The molecule has 1 amide bonds. The van der Waals surface area contributed by atoms with Gasteiger partial charge in [0.25, 0.3) is 0 Å². The lowest BCUT2D eigenvalue weighted by atomic mass is 10.2. The fraction of sp³-hybridized carbons (Fsp3) is 0.150. The molecule has 0 bridgehead atoms. The maximum atomic E-state index is 12.5. The molecule has 0 saturated carbocycles. The number of thioether (sulfide) groups is 1. The molecule has 0 radical (unpaired) electrons. The molecule has 3 heterocycles. The molecule has 0 fully saturated rings. The van der Waals surface area contributed by atoms with Crippen LogP contribution in [-0.4, -0.2) is 36.4 Å². The van der Waals surface area contributed by atoms with E-state index >= 15 is 0 Å². The van der Waals surface area contributed by atoms with Gasteiger partial charge in [-0.1, -0.05) is 36.0 Å². The van der Waals surface area contributed by atoms with E-state index in [4.69, 9.17) is 0 Å². The van der Waals surface area contributed by atoms with Crippen molar-refractivity contribution in [2.45, 2.75) is 18.6 Å². The number of nitrogens with zero attached hydrogens (tertiary/aromatic N) is 5. The van der Waals surface area contributed by atoms with Gasteiger partial charge in [0.05, 0.1) is 17.0 Å². The first-order valence-electron chi connectivity index (χ1n) is 8.87. The van der Waals surface area contributed by atoms with Crippen LogP contribution in [0.4, 0.5) is 5.69 Å². The Morgan fingerprint density at radius 1 is 1.04 bits per heavy atom. The van der Waals surface area contributed by atoms with Gasteiger partial charge in [-0.3, -0.25) is 14.8 Å². The summed E-state index contributed by atoms with van der Waals surface area (Å²) in [5, 5.41) is 13.1. The summed E-state index contributed by atoms with van der Waals surface area (Å²) in [5.41, 5.74) is 2.24. The molecule has 4 aromatic rings.